The number of pyridine rings is 1. The van der Waals surface area contributed by atoms with E-state index in [0.29, 0.717) is 0 Å². The zero-order valence-corrected chi connectivity index (χ0v) is 12.1. The minimum Gasteiger partial charge on any atom is -0.303 e. The molecule has 0 unspecified atom stereocenters. The van der Waals surface area contributed by atoms with Gasteiger partial charge >= 0.3 is 0 Å². The van der Waals surface area contributed by atoms with E-state index in [0.717, 1.165) is 16.4 Å². The predicted molar refractivity (Wildman–Crippen MR) is 76.9 cm³/mol. The maximum absolute atomic E-state index is 4.30. The first kappa shape index (κ1) is 12.2. The lowest BCUT2D eigenvalue weighted by Gasteiger charge is -2.14. The number of fused-ring (bicyclic) bond motifs is 1. The molecule has 0 saturated carbocycles. The molecule has 0 N–H and O–H groups in total. The molecule has 1 aliphatic heterocycles. The molecule has 0 aliphatic carbocycles. The minimum atomic E-state index is 1.13. The van der Waals surface area contributed by atoms with E-state index in [1.165, 1.54) is 44.5 Å². The van der Waals surface area contributed by atoms with Crippen LogP contribution in [0.15, 0.2) is 29.0 Å². The first-order valence-corrected chi connectivity index (χ1v) is 7.46. The average molecular weight is 308 g/mol. The number of rotatable bonds is 4. The van der Waals surface area contributed by atoms with Crippen molar-refractivity contribution in [2.75, 3.05) is 19.6 Å². The molecule has 4 heteroatoms. The summed E-state index contributed by atoms with van der Waals surface area (Å²) in [6.45, 7) is 3.82. The average Bonchev–Trinajstić information content (AvgIpc) is 2.99. The lowest BCUT2D eigenvalue weighted by atomic mass is 10.1. The molecule has 18 heavy (non-hydrogen) atoms. The quantitative estimate of drug-likeness (QED) is 0.865. The van der Waals surface area contributed by atoms with Crippen LogP contribution in [0.1, 0.15) is 24.8 Å². The highest BCUT2D eigenvalue weighted by molar-refractivity contribution is 9.10. The molecule has 2 aromatic heterocycles. The Morgan fingerprint density at radius 2 is 2.11 bits per heavy atom. The largest absolute Gasteiger partial charge is 0.303 e. The Kier molecular flexibility index (Phi) is 3.66. The molecular weight excluding hydrogens is 290 g/mol. The van der Waals surface area contributed by atoms with E-state index < -0.39 is 0 Å². The molecule has 3 nitrogen and oxygen atoms in total. The monoisotopic (exact) mass is 307 g/mol. The molecule has 96 valence electrons. The molecule has 0 aromatic carbocycles. The van der Waals surface area contributed by atoms with E-state index in [1.54, 1.807) is 0 Å². The second-order valence-corrected chi connectivity index (χ2v) is 5.86. The highest BCUT2D eigenvalue weighted by atomic mass is 79.9. The highest BCUT2D eigenvalue weighted by Crippen LogP contribution is 2.20. The van der Waals surface area contributed by atoms with E-state index >= 15 is 0 Å². The van der Waals surface area contributed by atoms with Gasteiger partial charge in [0.15, 0.2) is 0 Å². The molecule has 0 bridgehead atoms. The summed E-state index contributed by atoms with van der Waals surface area (Å²) in [4.78, 5) is 2.57. The smallest absolute Gasteiger partial charge is 0.0803 e. The Morgan fingerprint density at radius 1 is 1.28 bits per heavy atom. The second-order valence-electron chi connectivity index (χ2n) is 5.01. The topological polar surface area (TPSA) is 20.5 Å². The number of halogens is 1. The van der Waals surface area contributed by atoms with Crippen molar-refractivity contribution in [1.29, 1.82) is 0 Å². The molecule has 1 fully saturated rings. The van der Waals surface area contributed by atoms with Gasteiger partial charge in [0.1, 0.15) is 0 Å². The van der Waals surface area contributed by atoms with Crippen molar-refractivity contribution in [3.63, 3.8) is 0 Å². The molecular formula is C14H18BrN3. The van der Waals surface area contributed by atoms with Gasteiger partial charge in [0.05, 0.1) is 11.7 Å². The third-order valence-electron chi connectivity index (χ3n) is 3.65. The van der Waals surface area contributed by atoms with Crippen LogP contribution in [-0.2, 0) is 6.42 Å². The summed E-state index contributed by atoms with van der Waals surface area (Å²) >= 11 is 3.61. The predicted octanol–water partition coefficient (Wildman–Crippen LogP) is 3.13. The molecule has 2 aromatic rings. The molecule has 0 spiro atoms. The number of aromatic nitrogens is 2. The standard InChI is InChI=1S/C14H18BrN3/c15-13-10-12(11-18-14(13)5-6-16-18)4-3-9-17-7-1-2-8-17/h5-6,10-11H,1-4,7-9H2. The van der Waals surface area contributed by atoms with E-state index in [2.05, 4.69) is 38.2 Å². The summed E-state index contributed by atoms with van der Waals surface area (Å²) in [5.74, 6) is 0. The van der Waals surface area contributed by atoms with Gasteiger partial charge in [-0.3, -0.25) is 0 Å². The molecule has 3 heterocycles. The van der Waals surface area contributed by atoms with Crippen molar-refractivity contribution in [1.82, 2.24) is 14.5 Å². The number of aryl methyl sites for hydroxylation is 1. The summed E-state index contributed by atoms with van der Waals surface area (Å²) < 4.78 is 3.09. The fraction of sp³-hybridized carbons (Fsp3) is 0.500. The zero-order valence-electron chi connectivity index (χ0n) is 10.5. The van der Waals surface area contributed by atoms with Gasteiger partial charge in [0.25, 0.3) is 0 Å². The molecule has 1 saturated heterocycles. The highest BCUT2D eigenvalue weighted by Gasteiger charge is 2.10. The third-order valence-corrected chi connectivity index (χ3v) is 4.29. The molecule has 0 amide bonds. The summed E-state index contributed by atoms with van der Waals surface area (Å²) in [5, 5.41) is 4.30. The van der Waals surface area contributed by atoms with Crippen molar-refractivity contribution < 1.29 is 0 Å². The lowest BCUT2D eigenvalue weighted by molar-refractivity contribution is 0.334. The number of likely N-dealkylation sites (tertiary alicyclic amines) is 1. The van der Waals surface area contributed by atoms with Gasteiger partial charge in [0, 0.05) is 10.7 Å². The molecule has 0 radical (unpaired) electrons. The van der Waals surface area contributed by atoms with Crippen LogP contribution in [0, 0.1) is 0 Å². The first-order chi connectivity index (χ1) is 8.83. The normalized spacial score (nSPS) is 16.7. The Bertz CT molecular complexity index is 529. The van der Waals surface area contributed by atoms with E-state index in [9.17, 15) is 0 Å². The Labute approximate surface area is 116 Å². The van der Waals surface area contributed by atoms with Crippen LogP contribution < -0.4 is 0 Å². The Balaban J connectivity index is 1.63. The van der Waals surface area contributed by atoms with Crippen LogP contribution in [0.25, 0.3) is 5.52 Å². The second kappa shape index (κ2) is 5.41. The summed E-state index contributed by atoms with van der Waals surface area (Å²) in [6, 6.07) is 4.25. The maximum Gasteiger partial charge on any atom is 0.0803 e. The van der Waals surface area contributed by atoms with E-state index in [4.69, 9.17) is 0 Å². The van der Waals surface area contributed by atoms with E-state index in [-0.39, 0.29) is 0 Å². The van der Waals surface area contributed by atoms with Crippen molar-refractivity contribution in [2.45, 2.75) is 25.7 Å². The van der Waals surface area contributed by atoms with E-state index in [1.807, 2.05) is 16.8 Å². The van der Waals surface area contributed by atoms with Crippen molar-refractivity contribution in [3.8, 4) is 0 Å². The van der Waals surface area contributed by atoms with Gasteiger partial charge in [-0.15, -0.1) is 0 Å². The number of hydrogen-bond donors (Lipinski definition) is 0. The van der Waals surface area contributed by atoms with Gasteiger partial charge in [-0.25, -0.2) is 4.52 Å². The third kappa shape index (κ3) is 2.59. The molecule has 1 aliphatic rings. The van der Waals surface area contributed by atoms with Crippen LogP contribution in [0.5, 0.6) is 0 Å². The molecule has 0 atom stereocenters. The first-order valence-electron chi connectivity index (χ1n) is 6.67. The zero-order chi connectivity index (χ0) is 12.4. The van der Waals surface area contributed by atoms with Crippen LogP contribution >= 0.6 is 15.9 Å². The summed E-state index contributed by atoms with van der Waals surface area (Å²) in [5.41, 5.74) is 2.50. The van der Waals surface area contributed by atoms with Gasteiger partial charge < -0.3 is 4.90 Å². The van der Waals surface area contributed by atoms with Gasteiger partial charge in [-0.1, -0.05) is 0 Å². The fourth-order valence-corrected chi connectivity index (χ4v) is 3.29. The minimum absolute atomic E-state index is 1.13. The Hall–Kier alpha value is -0.870. The fourth-order valence-electron chi connectivity index (χ4n) is 2.69. The molecule has 3 rings (SSSR count). The van der Waals surface area contributed by atoms with Crippen LogP contribution in [-0.4, -0.2) is 34.1 Å². The van der Waals surface area contributed by atoms with Crippen LogP contribution in [0.3, 0.4) is 0 Å². The van der Waals surface area contributed by atoms with Crippen molar-refractivity contribution >= 4 is 21.4 Å². The van der Waals surface area contributed by atoms with Gasteiger partial charge in [0.2, 0.25) is 0 Å². The maximum atomic E-state index is 4.30. The number of nitrogens with zero attached hydrogens (tertiary/aromatic N) is 3. The number of hydrogen-bond acceptors (Lipinski definition) is 2. The van der Waals surface area contributed by atoms with Crippen molar-refractivity contribution in [3.05, 3.63) is 34.6 Å². The SMILES string of the molecule is Brc1cc(CCCN2CCCC2)cn2nccc12. The van der Waals surface area contributed by atoms with Crippen LogP contribution in [0.4, 0.5) is 0 Å². The summed E-state index contributed by atoms with van der Waals surface area (Å²) in [7, 11) is 0. The van der Waals surface area contributed by atoms with Crippen LogP contribution in [0.2, 0.25) is 0 Å². The Morgan fingerprint density at radius 3 is 2.94 bits per heavy atom. The van der Waals surface area contributed by atoms with Crippen molar-refractivity contribution in [2.24, 2.45) is 0 Å². The van der Waals surface area contributed by atoms with Gasteiger partial charge in [-0.05, 0) is 78.9 Å². The van der Waals surface area contributed by atoms with Gasteiger partial charge in [-0.2, -0.15) is 5.10 Å². The lowest BCUT2D eigenvalue weighted by Crippen LogP contribution is -2.20. The summed E-state index contributed by atoms with van der Waals surface area (Å²) in [6.07, 6.45) is 9.11.